The van der Waals surface area contributed by atoms with Gasteiger partial charge in [0.15, 0.2) is 11.5 Å². The molecule has 3 rings (SSSR count). The van der Waals surface area contributed by atoms with E-state index in [0.717, 1.165) is 34.6 Å². The topological polar surface area (TPSA) is 68.8 Å². The third-order valence-electron chi connectivity index (χ3n) is 2.74. The fourth-order valence-corrected chi connectivity index (χ4v) is 2.23. The summed E-state index contributed by atoms with van der Waals surface area (Å²) >= 11 is 3.41. The van der Waals surface area contributed by atoms with Crippen molar-refractivity contribution in [3.05, 3.63) is 36.8 Å². The minimum Gasteiger partial charge on any atom is -0.467 e. The number of hydrogen-bond donors (Lipinski definition) is 1. The molecule has 1 N–H and O–H groups in total. The van der Waals surface area contributed by atoms with Crippen LogP contribution in [0.1, 0.15) is 5.76 Å². The molecule has 0 aliphatic heterocycles. The van der Waals surface area contributed by atoms with E-state index < -0.39 is 0 Å². The number of nitrogens with zero attached hydrogens (tertiary/aromatic N) is 4. The molecule has 6 nitrogen and oxygen atoms in total. The molecule has 0 bridgehead atoms. The van der Waals surface area contributed by atoms with E-state index in [9.17, 15) is 0 Å². The number of hydrogen-bond acceptors (Lipinski definition) is 5. The maximum atomic E-state index is 5.27. The van der Waals surface area contributed by atoms with Crippen LogP contribution in [0.3, 0.4) is 0 Å². The predicted octanol–water partition coefficient (Wildman–Crippen LogP) is 2.43. The van der Waals surface area contributed by atoms with Crippen LogP contribution in [-0.2, 0) is 13.1 Å². The number of halogens is 1. The molecular weight excluding hydrogens is 310 g/mol. The van der Waals surface area contributed by atoms with E-state index in [-0.39, 0.29) is 0 Å². The van der Waals surface area contributed by atoms with Gasteiger partial charge in [-0.25, -0.2) is 15.0 Å². The maximum absolute atomic E-state index is 5.27. The van der Waals surface area contributed by atoms with Crippen molar-refractivity contribution in [3.63, 3.8) is 0 Å². The highest BCUT2D eigenvalue weighted by atomic mass is 79.9. The monoisotopic (exact) mass is 321 g/mol. The Hall–Kier alpha value is -1.89. The minimum atomic E-state index is 0.574. The van der Waals surface area contributed by atoms with Crippen LogP contribution >= 0.6 is 15.9 Å². The zero-order valence-corrected chi connectivity index (χ0v) is 11.7. The Balaban J connectivity index is 1.87. The summed E-state index contributed by atoms with van der Waals surface area (Å²) in [4.78, 5) is 12.9. The highest BCUT2D eigenvalue weighted by Crippen LogP contribution is 2.18. The molecule has 98 valence electrons. The third kappa shape index (κ3) is 2.46. The smallest absolute Gasteiger partial charge is 0.165 e. The Labute approximate surface area is 118 Å². The number of rotatable bonds is 5. The molecule has 3 aromatic heterocycles. The number of aryl methyl sites for hydroxylation is 1. The number of anilines is 1. The van der Waals surface area contributed by atoms with Crippen molar-refractivity contribution in [2.75, 3.05) is 10.6 Å². The van der Waals surface area contributed by atoms with Gasteiger partial charge in [0.1, 0.15) is 17.6 Å². The first kappa shape index (κ1) is 12.2. The molecule has 0 atom stereocenters. The number of aromatic nitrogens is 4. The van der Waals surface area contributed by atoms with Gasteiger partial charge in [0.2, 0.25) is 0 Å². The summed E-state index contributed by atoms with van der Waals surface area (Å²) in [5.41, 5.74) is 1.60. The van der Waals surface area contributed by atoms with Crippen LogP contribution in [0, 0.1) is 0 Å². The molecule has 0 radical (unpaired) electrons. The van der Waals surface area contributed by atoms with E-state index >= 15 is 0 Å². The first-order chi connectivity index (χ1) is 9.38. The normalized spacial score (nSPS) is 11.0. The second kappa shape index (κ2) is 5.40. The summed E-state index contributed by atoms with van der Waals surface area (Å²) in [6.07, 6.45) is 4.97. The molecule has 0 aliphatic rings. The molecule has 0 amide bonds. The lowest BCUT2D eigenvalue weighted by Crippen LogP contribution is -2.03. The van der Waals surface area contributed by atoms with Gasteiger partial charge in [0, 0.05) is 11.9 Å². The van der Waals surface area contributed by atoms with E-state index in [1.54, 1.807) is 18.9 Å². The van der Waals surface area contributed by atoms with Crippen molar-refractivity contribution in [2.24, 2.45) is 0 Å². The molecule has 0 aliphatic carbocycles. The highest BCUT2D eigenvalue weighted by Gasteiger charge is 2.09. The largest absolute Gasteiger partial charge is 0.467 e. The van der Waals surface area contributed by atoms with Crippen LogP contribution < -0.4 is 5.32 Å². The van der Waals surface area contributed by atoms with Gasteiger partial charge in [-0.15, -0.1) is 0 Å². The lowest BCUT2D eigenvalue weighted by atomic mass is 10.4. The van der Waals surface area contributed by atoms with Crippen LogP contribution in [0.4, 0.5) is 5.82 Å². The Kier molecular flexibility index (Phi) is 3.45. The van der Waals surface area contributed by atoms with Crippen molar-refractivity contribution < 1.29 is 4.42 Å². The summed E-state index contributed by atoms with van der Waals surface area (Å²) in [7, 11) is 0. The molecule has 3 heterocycles. The second-order valence-electron chi connectivity index (χ2n) is 3.95. The Morgan fingerprint density at radius 3 is 3.05 bits per heavy atom. The molecule has 0 unspecified atom stereocenters. The lowest BCUT2D eigenvalue weighted by molar-refractivity contribution is 0.518. The number of alkyl halides is 1. The predicted molar refractivity (Wildman–Crippen MR) is 75.2 cm³/mol. The zero-order chi connectivity index (χ0) is 13.1. The first-order valence-corrected chi connectivity index (χ1v) is 6.98. The fourth-order valence-electron chi connectivity index (χ4n) is 1.85. The van der Waals surface area contributed by atoms with E-state index in [2.05, 4.69) is 36.2 Å². The summed E-state index contributed by atoms with van der Waals surface area (Å²) < 4.78 is 7.26. The van der Waals surface area contributed by atoms with Gasteiger partial charge in [-0.1, -0.05) is 15.9 Å². The number of nitrogens with one attached hydrogen (secondary N) is 1. The lowest BCUT2D eigenvalue weighted by Gasteiger charge is -2.04. The zero-order valence-electron chi connectivity index (χ0n) is 10.1. The second-order valence-corrected chi connectivity index (χ2v) is 4.75. The summed E-state index contributed by atoms with van der Waals surface area (Å²) in [5, 5.41) is 4.07. The minimum absolute atomic E-state index is 0.574. The molecule has 0 spiro atoms. The van der Waals surface area contributed by atoms with E-state index in [0.29, 0.717) is 6.54 Å². The number of furan rings is 1. The fraction of sp³-hybridized carbons (Fsp3) is 0.250. The van der Waals surface area contributed by atoms with Gasteiger partial charge in [0.25, 0.3) is 0 Å². The van der Waals surface area contributed by atoms with Crippen molar-refractivity contribution in [3.8, 4) is 0 Å². The van der Waals surface area contributed by atoms with Crippen molar-refractivity contribution in [1.82, 2.24) is 19.5 Å². The summed E-state index contributed by atoms with van der Waals surface area (Å²) in [6, 6.07) is 3.77. The quantitative estimate of drug-likeness (QED) is 0.731. The SMILES string of the molecule is BrCCn1cnc2c(NCc3ccco3)ncnc21. The van der Waals surface area contributed by atoms with Crippen molar-refractivity contribution >= 4 is 32.9 Å². The van der Waals surface area contributed by atoms with Gasteiger partial charge in [0.05, 0.1) is 19.1 Å². The van der Waals surface area contributed by atoms with Gasteiger partial charge in [-0.05, 0) is 12.1 Å². The van der Waals surface area contributed by atoms with Crippen LogP contribution in [-0.4, -0.2) is 24.8 Å². The molecular formula is C12H12BrN5O. The molecule has 19 heavy (non-hydrogen) atoms. The number of imidazole rings is 1. The Bertz CT molecular complexity index is 664. The van der Waals surface area contributed by atoms with Crippen LogP contribution in [0.2, 0.25) is 0 Å². The maximum Gasteiger partial charge on any atom is 0.165 e. The Morgan fingerprint density at radius 2 is 2.26 bits per heavy atom. The standard InChI is InChI=1S/C12H12BrN5O/c13-3-4-18-8-17-10-11(15-7-16-12(10)18)14-6-9-2-1-5-19-9/h1-2,5,7-8H,3-4,6H2,(H,14,15,16). The van der Waals surface area contributed by atoms with Gasteiger partial charge >= 0.3 is 0 Å². The van der Waals surface area contributed by atoms with E-state index in [1.807, 2.05) is 16.7 Å². The third-order valence-corrected chi connectivity index (χ3v) is 3.09. The van der Waals surface area contributed by atoms with Gasteiger partial charge < -0.3 is 14.3 Å². The molecule has 7 heteroatoms. The van der Waals surface area contributed by atoms with Crippen LogP contribution in [0.15, 0.2) is 35.5 Å². The average molecular weight is 322 g/mol. The molecule has 0 saturated heterocycles. The molecule has 0 fully saturated rings. The van der Waals surface area contributed by atoms with Crippen LogP contribution in [0.25, 0.3) is 11.2 Å². The molecule has 3 aromatic rings. The van der Waals surface area contributed by atoms with Gasteiger partial charge in [-0.2, -0.15) is 0 Å². The van der Waals surface area contributed by atoms with E-state index in [1.165, 1.54) is 0 Å². The Morgan fingerprint density at radius 1 is 1.32 bits per heavy atom. The molecule has 0 aromatic carbocycles. The average Bonchev–Trinajstić information content (AvgIpc) is 3.07. The molecule has 0 saturated carbocycles. The first-order valence-electron chi connectivity index (χ1n) is 5.86. The number of fused-ring (bicyclic) bond motifs is 1. The summed E-state index contributed by atoms with van der Waals surface area (Å²) in [6.45, 7) is 1.40. The van der Waals surface area contributed by atoms with E-state index in [4.69, 9.17) is 4.42 Å². The van der Waals surface area contributed by atoms with Crippen molar-refractivity contribution in [1.29, 1.82) is 0 Å². The van der Waals surface area contributed by atoms with Crippen molar-refractivity contribution in [2.45, 2.75) is 13.1 Å². The summed E-state index contributed by atoms with van der Waals surface area (Å²) in [5.74, 6) is 1.57. The van der Waals surface area contributed by atoms with Gasteiger partial charge in [-0.3, -0.25) is 0 Å². The highest BCUT2D eigenvalue weighted by molar-refractivity contribution is 9.09. The van der Waals surface area contributed by atoms with Crippen LogP contribution in [0.5, 0.6) is 0 Å².